The van der Waals surface area contributed by atoms with Crippen LogP contribution in [0.25, 0.3) is 16.7 Å². The molecule has 1 unspecified atom stereocenters. The molecule has 182 valence electrons. The summed E-state index contributed by atoms with van der Waals surface area (Å²) in [6.45, 7) is 0.672. The van der Waals surface area contributed by atoms with Crippen molar-refractivity contribution in [3.63, 3.8) is 0 Å². The lowest BCUT2D eigenvalue weighted by molar-refractivity contribution is -0.123. The molecule has 1 fully saturated rings. The van der Waals surface area contributed by atoms with Gasteiger partial charge in [-0.05, 0) is 50.0 Å². The van der Waals surface area contributed by atoms with E-state index in [9.17, 15) is 18.0 Å². The van der Waals surface area contributed by atoms with Crippen molar-refractivity contribution in [2.45, 2.75) is 24.9 Å². The van der Waals surface area contributed by atoms with Gasteiger partial charge in [-0.15, -0.1) is 0 Å². The Balaban J connectivity index is 1.68. The lowest BCUT2D eigenvalue weighted by Crippen LogP contribution is -2.34. The molecule has 34 heavy (non-hydrogen) atoms. The number of nitrogens with zero attached hydrogens (tertiary/aromatic N) is 3. The van der Waals surface area contributed by atoms with Gasteiger partial charge in [0.2, 0.25) is 0 Å². The normalized spacial score (nSPS) is 17.1. The second-order valence-corrected chi connectivity index (χ2v) is 8.49. The van der Waals surface area contributed by atoms with Crippen LogP contribution in [0.15, 0.2) is 36.7 Å². The maximum atomic E-state index is 12.6. The van der Waals surface area contributed by atoms with Crippen LogP contribution < -0.4 is 14.8 Å². The smallest absolute Gasteiger partial charge is 0.405 e. The zero-order chi connectivity index (χ0) is 24.5. The second-order valence-electron chi connectivity index (χ2n) is 8.49. The van der Waals surface area contributed by atoms with Crippen molar-refractivity contribution in [2.75, 3.05) is 40.9 Å². The van der Waals surface area contributed by atoms with Gasteiger partial charge in [0.15, 0.2) is 0 Å². The summed E-state index contributed by atoms with van der Waals surface area (Å²) in [7, 11) is 4.82. The minimum Gasteiger partial charge on any atom is -0.496 e. The number of imidazole rings is 1. The molecule has 10 heteroatoms. The third-order valence-corrected chi connectivity index (χ3v) is 6.11. The molecule has 1 aliphatic heterocycles. The first kappa shape index (κ1) is 23.9. The fourth-order valence-corrected chi connectivity index (χ4v) is 4.46. The molecule has 1 atom stereocenters. The maximum Gasteiger partial charge on any atom is 0.405 e. The topological polar surface area (TPSA) is 68.6 Å². The van der Waals surface area contributed by atoms with E-state index in [0.717, 1.165) is 37.0 Å². The summed E-state index contributed by atoms with van der Waals surface area (Å²) >= 11 is 0. The minimum atomic E-state index is -4.53. The summed E-state index contributed by atoms with van der Waals surface area (Å²) in [5.41, 5.74) is 3.43. The summed E-state index contributed by atoms with van der Waals surface area (Å²) < 4.78 is 50.2. The highest BCUT2D eigenvalue weighted by atomic mass is 19.4. The van der Waals surface area contributed by atoms with Gasteiger partial charge in [-0.2, -0.15) is 13.2 Å². The Hall–Kier alpha value is -3.27. The molecule has 0 radical (unpaired) electrons. The lowest BCUT2D eigenvalue weighted by atomic mass is 9.90. The van der Waals surface area contributed by atoms with Crippen LogP contribution in [0.2, 0.25) is 0 Å². The zero-order valence-corrected chi connectivity index (χ0v) is 19.3. The molecule has 2 heterocycles. The van der Waals surface area contributed by atoms with Gasteiger partial charge < -0.3 is 19.7 Å². The van der Waals surface area contributed by atoms with Gasteiger partial charge in [0, 0.05) is 18.7 Å². The molecule has 0 saturated carbocycles. The summed E-state index contributed by atoms with van der Waals surface area (Å²) in [5.74, 6) is -0.284. The molecular weight excluding hydrogens is 449 g/mol. The Labute approximate surface area is 195 Å². The van der Waals surface area contributed by atoms with Gasteiger partial charge in [0.1, 0.15) is 29.9 Å². The molecule has 1 N–H and O–H groups in total. The van der Waals surface area contributed by atoms with Crippen molar-refractivity contribution in [3.8, 4) is 17.2 Å². The molecule has 1 aliphatic rings. The molecule has 1 aromatic heterocycles. The molecule has 3 aromatic rings. The number of halogens is 3. The van der Waals surface area contributed by atoms with Crippen molar-refractivity contribution in [3.05, 3.63) is 47.8 Å². The predicted molar refractivity (Wildman–Crippen MR) is 122 cm³/mol. The molecule has 1 saturated heterocycles. The monoisotopic (exact) mass is 476 g/mol. The predicted octanol–water partition coefficient (Wildman–Crippen LogP) is 4.14. The van der Waals surface area contributed by atoms with Crippen LogP contribution in [0.1, 0.15) is 34.7 Å². The van der Waals surface area contributed by atoms with E-state index in [1.165, 1.54) is 19.8 Å². The number of likely N-dealkylation sites (tertiary alicyclic amines) is 1. The number of methoxy groups -OCH3 is 2. The van der Waals surface area contributed by atoms with Crippen LogP contribution in [-0.2, 0) is 0 Å². The van der Waals surface area contributed by atoms with Crippen LogP contribution in [0.5, 0.6) is 11.5 Å². The van der Waals surface area contributed by atoms with E-state index >= 15 is 0 Å². The van der Waals surface area contributed by atoms with Gasteiger partial charge in [-0.3, -0.25) is 9.36 Å². The van der Waals surface area contributed by atoms with Crippen molar-refractivity contribution >= 4 is 16.9 Å². The van der Waals surface area contributed by atoms with E-state index in [-0.39, 0.29) is 17.1 Å². The number of nitrogens with one attached hydrogen (secondary N) is 1. The van der Waals surface area contributed by atoms with E-state index in [1.54, 1.807) is 18.5 Å². The van der Waals surface area contributed by atoms with Crippen LogP contribution in [0, 0.1) is 0 Å². The second kappa shape index (κ2) is 9.54. The Morgan fingerprint density at radius 3 is 2.50 bits per heavy atom. The first-order valence-electron chi connectivity index (χ1n) is 11.0. The number of amides is 1. The number of carbonyl (C=O) groups is 1. The van der Waals surface area contributed by atoms with E-state index in [1.807, 2.05) is 16.0 Å². The largest absolute Gasteiger partial charge is 0.496 e. The fourth-order valence-electron chi connectivity index (χ4n) is 4.46. The molecular formula is C24H27F3N4O3. The number of benzene rings is 2. The fraction of sp³-hybridized carbons (Fsp3) is 0.417. The number of piperidine rings is 1. The Morgan fingerprint density at radius 2 is 1.88 bits per heavy atom. The van der Waals surface area contributed by atoms with Gasteiger partial charge in [0.05, 0.1) is 30.9 Å². The SMILES string of the molecule is COc1cc(-n2cnc3cc(C4CCCN(C)C4)ccc32)cc(OC)c1C(=O)NCC(F)(F)F. The van der Waals surface area contributed by atoms with E-state index in [0.29, 0.717) is 11.6 Å². The summed E-state index contributed by atoms with van der Waals surface area (Å²) in [4.78, 5) is 19.4. The third-order valence-electron chi connectivity index (χ3n) is 6.11. The highest BCUT2D eigenvalue weighted by Crippen LogP contribution is 2.34. The van der Waals surface area contributed by atoms with Gasteiger partial charge >= 0.3 is 6.18 Å². The third kappa shape index (κ3) is 4.96. The van der Waals surface area contributed by atoms with E-state index < -0.39 is 18.6 Å². The molecule has 2 aromatic carbocycles. The standard InChI is InChI=1S/C24H27F3N4O3/c1-30-8-4-5-16(12-30)15-6-7-19-18(9-15)29-14-31(19)17-10-20(33-2)22(21(11-17)34-3)23(32)28-13-24(25,26)27/h6-7,9-11,14,16H,4-5,8,12-13H2,1-3H3,(H,28,32). The number of alkyl halides is 3. The van der Waals surface area contributed by atoms with Crippen molar-refractivity contribution in [2.24, 2.45) is 0 Å². The number of aromatic nitrogens is 2. The number of likely N-dealkylation sites (N-methyl/N-ethyl adjacent to an activating group) is 1. The van der Waals surface area contributed by atoms with E-state index in [2.05, 4.69) is 29.1 Å². The maximum absolute atomic E-state index is 12.6. The quantitative estimate of drug-likeness (QED) is 0.579. The van der Waals surface area contributed by atoms with Crippen molar-refractivity contribution < 1.29 is 27.4 Å². The first-order valence-corrected chi connectivity index (χ1v) is 11.0. The number of rotatable bonds is 6. The van der Waals surface area contributed by atoms with Crippen molar-refractivity contribution in [1.29, 1.82) is 0 Å². The van der Waals surface area contributed by atoms with Crippen LogP contribution in [-0.4, -0.2) is 67.4 Å². The lowest BCUT2D eigenvalue weighted by Gasteiger charge is -2.29. The Morgan fingerprint density at radius 1 is 1.18 bits per heavy atom. The van der Waals surface area contributed by atoms with Gasteiger partial charge in [0.25, 0.3) is 5.91 Å². The molecule has 0 bridgehead atoms. The number of hydrogen-bond donors (Lipinski definition) is 1. The molecule has 1 amide bonds. The Kier molecular flexibility index (Phi) is 6.70. The van der Waals surface area contributed by atoms with Gasteiger partial charge in [-0.1, -0.05) is 6.07 Å². The summed E-state index contributed by atoms with van der Waals surface area (Å²) in [6, 6.07) is 9.38. The van der Waals surface area contributed by atoms with Crippen LogP contribution >= 0.6 is 0 Å². The zero-order valence-electron chi connectivity index (χ0n) is 19.3. The van der Waals surface area contributed by atoms with Crippen LogP contribution in [0.3, 0.4) is 0 Å². The number of fused-ring (bicyclic) bond motifs is 1. The molecule has 4 rings (SSSR count). The molecule has 7 nitrogen and oxygen atoms in total. The van der Waals surface area contributed by atoms with E-state index in [4.69, 9.17) is 9.47 Å². The average molecular weight is 476 g/mol. The molecule has 0 aliphatic carbocycles. The highest BCUT2D eigenvalue weighted by molar-refractivity contribution is 6.00. The summed E-state index contributed by atoms with van der Waals surface area (Å²) in [6.07, 6.45) is -0.560. The highest BCUT2D eigenvalue weighted by Gasteiger charge is 2.30. The Bertz CT molecular complexity index is 1170. The first-order chi connectivity index (χ1) is 16.2. The summed E-state index contributed by atoms with van der Waals surface area (Å²) in [5, 5.41) is 1.87. The average Bonchev–Trinajstić information content (AvgIpc) is 3.24. The van der Waals surface area contributed by atoms with Crippen molar-refractivity contribution in [1.82, 2.24) is 19.8 Å². The minimum absolute atomic E-state index is 0.0951. The van der Waals surface area contributed by atoms with Gasteiger partial charge in [-0.25, -0.2) is 4.98 Å². The van der Waals surface area contributed by atoms with Crippen LogP contribution in [0.4, 0.5) is 13.2 Å². The molecule has 0 spiro atoms. The number of ether oxygens (including phenoxy) is 2. The number of hydrogen-bond acceptors (Lipinski definition) is 5. The number of carbonyl (C=O) groups excluding carboxylic acids is 1.